The molecule has 0 unspecified atom stereocenters. The van der Waals surface area contributed by atoms with Crippen LogP contribution in [0.4, 0.5) is 10.5 Å². The summed E-state index contributed by atoms with van der Waals surface area (Å²) in [5.41, 5.74) is 0.842. The number of nitrogens with zero attached hydrogens (tertiary/aromatic N) is 1. The maximum absolute atomic E-state index is 11.9. The quantitative estimate of drug-likeness (QED) is 0.898. The summed E-state index contributed by atoms with van der Waals surface area (Å²) in [7, 11) is 1.62. The molecule has 0 fully saturated rings. The second-order valence-electron chi connectivity index (χ2n) is 4.83. The zero-order chi connectivity index (χ0) is 15.5. The van der Waals surface area contributed by atoms with Crippen molar-refractivity contribution >= 4 is 11.7 Å². The summed E-state index contributed by atoms with van der Waals surface area (Å²) in [5.74, 6) is 1.36. The van der Waals surface area contributed by atoms with E-state index in [9.17, 15) is 9.59 Å². The molecule has 0 saturated carbocycles. The molecule has 0 spiro atoms. The number of hydrogen-bond acceptors (Lipinski definition) is 4. The van der Waals surface area contributed by atoms with Crippen LogP contribution in [0, 0.1) is 0 Å². The minimum Gasteiger partial charge on any atom is -0.454 e. The Hall–Kier alpha value is -2.96. The molecular weight excluding hydrogens is 286 g/mol. The number of benzene rings is 1. The van der Waals surface area contributed by atoms with E-state index in [0.717, 1.165) is 5.56 Å². The Bertz CT molecular complexity index is 770. The third-order valence-electron chi connectivity index (χ3n) is 3.26. The van der Waals surface area contributed by atoms with Crippen LogP contribution in [0.3, 0.4) is 0 Å². The van der Waals surface area contributed by atoms with Gasteiger partial charge in [-0.25, -0.2) is 4.79 Å². The zero-order valence-electron chi connectivity index (χ0n) is 12.0. The van der Waals surface area contributed by atoms with E-state index in [1.54, 1.807) is 31.4 Å². The van der Waals surface area contributed by atoms with Gasteiger partial charge in [-0.2, -0.15) is 0 Å². The first-order valence-electron chi connectivity index (χ1n) is 6.72. The monoisotopic (exact) mass is 301 g/mol. The maximum atomic E-state index is 11.9. The molecule has 7 nitrogen and oxygen atoms in total. The van der Waals surface area contributed by atoms with Gasteiger partial charge in [-0.05, 0) is 29.8 Å². The summed E-state index contributed by atoms with van der Waals surface area (Å²) in [5, 5.41) is 5.23. The van der Waals surface area contributed by atoms with Crippen molar-refractivity contribution in [2.45, 2.75) is 6.54 Å². The number of aromatic nitrogens is 1. The molecule has 0 atom stereocenters. The number of amides is 2. The Morgan fingerprint density at radius 3 is 2.95 bits per heavy atom. The fraction of sp³-hybridized carbons (Fsp3) is 0.200. The van der Waals surface area contributed by atoms with Crippen molar-refractivity contribution in [3.63, 3.8) is 0 Å². The number of pyridine rings is 1. The molecule has 22 heavy (non-hydrogen) atoms. The van der Waals surface area contributed by atoms with Crippen molar-refractivity contribution in [1.29, 1.82) is 0 Å². The second kappa shape index (κ2) is 5.80. The van der Waals surface area contributed by atoms with Crippen LogP contribution in [-0.4, -0.2) is 17.4 Å². The van der Waals surface area contributed by atoms with Gasteiger partial charge in [0, 0.05) is 19.8 Å². The topological polar surface area (TPSA) is 81.6 Å². The summed E-state index contributed by atoms with van der Waals surface area (Å²) in [6.07, 6.45) is 1.62. The first-order valence-corrected chi connectivity index (χ1v) is 6.72. The number of hydrogen-bond donors (Lipinski definition) is 2. The molecule has 114 valence electrons. The number of fused-ring (bicyclic) bond motifs is 1. The third kappa shape index (κ3) is 2.88. The van der Waals surface area contributed by atoms with Gasteiger partial charge >= 0.3 is 6.03 Å². The van der Waals surface area contributed by atoms with Gasteiger partial charge in [-0.15, -0.1) is 0 Å². The Morgan fingerprint density at radius 1 is 1.27 bits per heavy atom. The number of nitrogens with one attached hydrogen (secondary N) is 2. The number of urea groups is 1. The number of carbonyl (C=O) groups is 1. The van der Waals surface area contributed by atoms with E-state index in [1.165, 1.54) is 4.57 Å². The van der Waals surface area contributed by atoms with E-state index in [4.69, 9.17) is 9.47 Å². The standard InChI is InChI=1S/C15H15N3O4/c1-18-6-2-3-11(14(18)19)17-15(20)16-8-10-4-5-12-13(7-10)22-9-21-12/h2-7H,8-9H2,1H3,(H2,16,17,20). The van der Waals surface area contributed by atoms with Gasteiger partial charge in [0.25, 0.3) is 5.56 Å². The van der Waals surface area contributed by atoms with Gasteiger partial charge in [0.2, 0.25) is 6.79 Å². The molecule has 2 N–H and O–H groups in total. The molecular formula is C15H15N3O4. The molecule has 2 aromatic rings. The lowest BCUT2D eigenvalue weighted by Crippen LogP contribution is -2.31. The van der Waals surface area contributed by atoms with Gasteiger partial charge in [0.1, 0.15) is 5.69 Å². The first-order chi connectivity index (χ1) is 10.6. The molecule has 2 amide bonds. The smallest absolute Gasteiger partial charge is 0.319 e. The van der Waals surface area contributed by atoms with Crippen molar-refractivity contribution in [3.05, 3.63) is 52.4 Å². The molecule has 7 heteroatoms. The normalized spacial score (nSPS) is 12.0. The lowest BCUT2D eigenvalue weighted by atomic mass is 10.2. The van der Waals surface area contributed by atoms with E-state index >= 15 is 0 Å². The molecule has 1 aliphatic rings. The SMILES string of the molecule is Cn1cccc(NC(=O)NCc2ccc3c(c2)OCO3)c1=O. The van der Waals surface area contributed by atoms with Crippen molar-refractivity contribution < 1.29 is 14.3 Å². The maximum Gasteiger partial charge on any atom is 0.319 e. The highest BCUT2D eigenvalue weighted by molar-refractivity contribution is 5.88. The molecule has 0 aliphatic carbocycles. The molecule has 0 bridgehead atoms. The lowest BCUT2D eigenvalue weighted by Gasteiger charge is -2.08. The fourth-order valence-corrected chi connectivity index (χ4v) is 2.09. The van der Waals surface area contributed by atoms with Crippen LogP contribution in [0.5, 0.6) is 11.5 Å². The van der Waals surface area contributed by atoms with Gasteiger partial charge in [0.15, 0.2) is 11.5 Å². The van der Waals surface area contributed by atoms with Crippen LogP contribution in [0.15, 0.2) is 41.3 Å². The summed E-state index contributed by atoms with van der Waals surface area (Å²) in [6, 6.07) is 8.25. The molecule has 1 aromatic carbocycles. The first kappa shape index (κ1) is 14.0. The van der Waals surface area contributed by atoms with Gasteiger partial charge < -0.3 is 24.7 Å². The second-order valence-corrected chi connectivity index (χ2v) is 4.83. The van der Waals surface area contributed by atoms with Gasteiger partial charge in [0.05, 0.1) is 0 Å². The third-order valence-corrected chi connectivity index (χ3v) is 3.26. The summed E-state index contributed by atoms with van der Waals surface area (Å²) in [4.78, 5) is 23.7. The van der Waals surface area contributed by atoms with Crippen molar-refractivity contribution in [3.8, 4) is 11.5 Å². The van der Waals surface area contributed by atoms with Crippen molar-refractivity contribution in [1.82, 2.24) is 9.88 Å². The van der Waals surface area contributed by atoms with Crippen LogP contribution in [-0.2, 0) is 13.6 Å². The highest BCUT2D eigenvalue weighted by Crippen LogP contribution is 2.32. The van der Waals surface area contributed by atoms with Crippen molar-refractivity contribution in [2.24, 2.45) is 7.05 Å². The lowest BCUT2D eigenvalue weighted by molar-refractivity contribution is 0.174. The number of aryl methyl sites for hydroxylation is 1. The van der Waals surface area contributed by atoms with E-state index in [2.05, 4.69) is 10.6 Å². The predicted molar refractivity (Wildman–Crippen MR) is 80.1 cm³/mol. The average molecular weight is 301 g/mol. The zero-order valence-corrected chi connectivity index (χ0v) is 12.0. The highest BCUT2D eigenvalue weighted by atomic mass is 16.7. The van der Waals surface area contributed by atoms with Crippen LogP contribution < -0.4 is 25.7 Å². The number of ether oxygens (including phenoxy) is 2. The largest absolute Gasteiger partial charge is 0.454 e. The minimum atomic E-state index is -0.444. The van der Waals surface area contributed by atoms with E-state index in [-0.39, 0.29) is 18.0 Å². The Balaban J connectivity index is 1.61. The Labute approximate surface area is 126 Å². The predicted octanol–water partition coefficient (Wildman–Crippen LogP) is 1.44. The molecule has 1 aliphatic heterocycles. The highest BCUT2D eigenvalue weighted by Gasteiger charge is 2.13. The van der Waals surface area contributed by atoms with Crippen molar-refractivity contribution in [2.75, 3.05) is 12.1 Å². The summed E-state index contributed by atoms with van der Waals surface area (Å²) in [6.45, 7) is 0.527. The van der Waals surface area contributed by atoms with Crippen LogP contribution >= 0.6 is 0 Å². The van der Waals surface area contributed by atoms with E-state index in [0.29, 0.717) is 18.0 Å². The summed E-state index contributed by atoms with van der Waals surface area (Å²) >= 11 is 0. The van der Waals surface area contributed by atoms with Crippen LogP contribution in [0.25, 0.3) is 0 Å². The Kier molecular flexibility index (Phi) is 3.69. The van der Waals surface area contributed by atoms with Gasteiger partial charge in [-0.1, -0.05) is 6.07 Å². The molecule has 1 aromatic heterocycles. The van der Waals surface area contributed by atoms with E-state index in [1.807, 2.05) is 12.1 Å². The molecule has 0 radical (unpaired) electrons. The number of anilines is 1. The molecule has 0 saturated heterocycles. The Morgan fingerprint density at radius 2 is 2.09 bits per heavy atom. The van der Waals surface area contributed by atoms with E-state index < -0.39 is 6.03 Å². The molecule has 3 rings (SSSR count). The number of rotatable bonds is 3. The van der Waals surface area contributed by atoms with Gasteiger partial charge in [-0.3, -0.25) is 4.79 Å². The summed E-state index contributed by atoms with van der Waals surface area (Å²) < 4.78 is 11.9. The van der Waals surface area contributed by atoms with Crippen LogP contribution in [0.1, 0.15) is 5.56 Å². The fourth-order valence-electron chi connectivity index (χ4n) is 2.09. The average Bonchev–Trinajstić information content (AvgIpc) is 2.97. The molecule has 2 heterocycles. The van der Waals surface area contributed by atoms with Crippen LogP contribution in [0.2, 0.25) is 0 Å². The minimum absolute atomic E-state index is 0.212. The number of carbonyl (C=O) groups excluding carboxylic acids is 1.